The first-order valence-electron chi connectivity index (χ1n) is 6.92. The zero-order valence-corrected chi connectivity index (χ0v) is 12.4. The largest absolute Gasteiger partial charge is 0.395 e. The van der Waals surface area contributed by atoms with Crippen LogP contribution in [0.15, 0.2) is 17.6 Å². The van der Waals surface area contributed by atoms with Crippen molar-refractivity contribution in [3.63, 3.8) is 0 Å². The third-order valence-electron chi connectivity index (χ3n) is 3.58. The third kappa shape index (κ3) is 2.87. The van der Waals surface area contributed by atoms with Crippen LogP contribution in [0, 0.1) is 0 Å². The van der Waals surface area contributed by atoms with Crippen LogP contribution in [-0.4, -0.2) is 48.8 Å². The Labute approximate surface area is 122 Å². The average Bonchev–Trinajstić information content (AvgIpc) is 2.92. The molecule has 1 atom stereocenters. The molecule has 20 heavy (non-hydrogen) atoms. The molecule has 0 amide bonds. The van der Waals surface area contributed by atoms with Crippen molar-refractivity contribution in [3.05, 3.63) is 17.6 Å². The van der Waals surface area contributed by atoms with E-state index in [1.807, 2.05) is 11.6 Å². The number of morpholine rings is 1. The van der Waals surface area contributed by atoms with Crippen LogP contribution in [0.25, 0.3) is 10.2 Å². The first kappa shape index (κ1) is 13.6. The van der Waals surface area contributed by atoms with Gasteiger partial charge in [0, 0.05) is 25.7 Å². The molecule has 0 spiro atoms. The van der Waals surface area contributed by atoms with Crippen LogP contribution < -0.4 is 11.1 Å². The lowest BCUT2D eigenvalue weighted by atomic mass is 10.2. The van der Waals surface area contributed by atoms with Gasteiger partial charge in [-0.2, -0.15) is 0 Å². The van der Waals surface area contributed by atoms with Gasteiger partial charge >= 0.3 is 0 Å². The predicted molar refractivity (Wildman–Crippen MR) is 84.4 cm³/mol. The molecule has 3 N–H and O–H groups in total. The highest BCUT2D eigenvalue weighted by Crippen LogP contribution is 2.30. The van der Waals surface area contributed by atoms with Crippen molar-refractivity contribution in [2.45, 2.75) is 13.0 Å². The fourth-order valence-electron chi connectivity index (χ4n) is 2.56. The van der Waals surface area contributed by atoms with Crippen LogP contribution in [0.5, 0.6) is 0 Å². The highest BCUT2D eigenvalue weighted by atomic mass is 32.1. The summed E-state index contributed by atoms with van der Waals surface area (Å²) in [5.74, 6) is 0. The maximum Gasteiger partial charge on any atom is 0.106 e. The normalized spacial score (nSPS) is 18.2. The molecule has 3 rings (SSSR count). The lowest BCUT2D eigenvalue weighted by Crippen LogP contribution is -2.42. The lowest BCUT2D eigenvalue weighted by molar-refractivity contribution is 0.0368. The van der Waals surface area contributed by atoms with Crippen LogP contribution >= 0.6 is 11.3 Å². The number of nitrogens with one attached hydrogen (secondary N) is 1. The van der Waals surface area contributed by atoms with Crippen molar-refractivity contribution >= 4 is 32.9 Å². The molecule has 0 radical (unpaired) electrons. The minimum atomic E-state index is 0.339. The van der Waals surface area contributed by atoms with E-state index < -0.39 is 0 Å². The number of nitrogens with two attached hydrogens (primary N) is 1. The highest BCUT2D eigenvalue weighted by molar-refractivity contribution is 7.16. The van der Waals surface area contributed by atoms with Crippen LogP contribution in [0.4, 0.5) is 11.4 Å². The Kier molecular flexibility index (Phi) is 4.05. The van der Waals surface area contributed by atoms with E-state index in [2.05, 4.69) is 28.2 Å². The quantitative estimate of drug-likeness (QED) is 0.844. The fraction of sp³-hybridized carbons (Fsp3) is 0.500. The topological polar surface area (TPSA) is 63.4 Å². The molecular weight excluding hydrogens is 272 g/mol. The molecule has 1 saturated heterocycles. The molecule has 0 saturated carbocycles. The summed E-state index contributed by atoms with van der Waals surface area (Å²) in [6, 6.07) is 4.46. The number of hydrogen-bond acceptors (Lipinski definition) is 6. The SMILES string of the molecule is CC(CN1CCOCC1)Nc1ccc2scnc2c1N. The Morgan fingerprint density at radius 2 is 2.25 bits per heavy atom. The number of ether oxygens (including phenoxy) is 1. The van der Waals surface area contributed by atoms with Gasteiger partial charge in [0.15, 0.2) is 0 Å². The zero-order valence-electron chi connectivity index (χ0n) is 11.6. The van der Waals surface area contributed by atoms with E-state index in [-0.39, 0.29) is 0 Å². The summed E-state index contributed by atoms with van der Waals surface area (Å²) in [6.07, 6.45) is 0. The number of thiazole rings is 1. The molecule has 6 heteroatoms. The monoisotopic (exact) mass is 292 g/mol. The maximum absolute atomic E-state index is 6.19. The van der Waals surface area contributed by atoms with Crippen molar-refractivity contribution < 1.29 is 4.74 Å². The van der Waals surface area contributed by atoms with Gasteiger partial charge in [-0.1, -0.05) is 0 Å². The second-order valence-electron chi connectivity index (χ2n) is 5.18. The lowest BCUT2D eigenvalue weighted by Gasteiger charge is -2.30. The van der Waals surface area contributed by atoms with Gasteiger partial charge in [-0.15, -0.1) is 11.3 Å². The van der Waals surface area contributed by atoms with E-state index in [0.717, 1.165) is 54.4 Å². The van der Waals surface area contributed by atoms with Gasteiger partial charge in [0.25, 0.3) is 0 Å². The number of aromatic nitrogens is 1. The molecule has 0 bridgehead atoms. The number of nitrogens with zero attached hydrogens (tertiary/aromatic N) is 2. The molecule has 1 fully saturated rings. The van der Waals surface area contributed by atoms with E-state index in [4.69, 9.17) is 10.5 Å². The fourth-order valence-corrected chi connectivity index (χ4v) is 3.25. The van der Waals surface area contributed by atoms with E-state index in [9.17, 15) is 0 Å². The van der Waals surface area contributed by atoms with Crippen LogP contribution in [0.1, 0.15) is 6.92 Å². The van der Waals surface area contributed by atoms with Crippen molar-refractivity contribution in [1.82, 2.24) is 9.88 Å². The number of nitrogen functional groups attached to an aromatic ring is 1. The van der Waals surface area contributed by atoms with Crippen molar-refractivity contribution in [3.8, 4) is 0 Å². The van der Waals surface area contributed by atoms with Gasteiger partial charge in [0.2, 0.25) is 0 Å². The number of anilines is 2. The van der Waals surface area contributed by atoms with E-state index in [1.54, 1.807) is 11.3 Å². The molecule has 1 aromatic carbocycles. The van der Waals surface area contributed by atoms with Gasteiger partial charge in [-0.05, 0) is 19.1 Å². The minimum Gasteiger partial charge on any atom is -0.395 e. The Morgan fingerprint density at radius 1 is 1.45 bits per heavy atom. The third-order valence-corrected chi connectivity index (χ3v) is 4.37. The first-order valence-corrected chi connectivity index (χ1v) is 7.80. The Hall–Kier alpha value is -1.37. The molecule has 2 aromatic rings. The molecule has 1 aliphatic heterocycles. The summed E-state index contributed by atoms with van der Waals surface area (Å²) in [5.41, 5.74) is 10.7. The molecular formula is C14H20N4OS. The molecule has 1 unspecified atom stereocenters. The van der Waals surface area contributed by atoms with Gasteiger partial charge in [-0.25, -0.2) is 4.98 Å². The summed E-state index contributed by atoms with van der Waals surface area (Å²) in [6.45, 7) is 6.86. The summed E-state index contributed by atoms with van der Waals surface area (Å²) >= 11 is 1.62. The summed E-state index contributed by atoms with van der Waals surface area (Å²) < 4.78 is 6.50. The average molecular weight is 292 g/mol. The predicted octanol–water partition coefficient (Wildman–Crippen LogP) is 2.01. The number of fused-ring (bicyclic) bond motifs is 1. The Morgan fingerprint density at radius 3 is 3.05 bits per heavy atom. The Balaban J connectivity index is 1.67. The summed E-state index contributed by atoms with van der Waals surface area (Å²) in [5, 5.41) is 3.50. The maximum atomic E-state index is 6.19. The van der Waals surface area contributed by atoms with E-state index in [1.165, 1.54) is 0 Å². The Bertz CT molecular complexity index is 580. The van der Waals surface area contributed by atoms with Crippen LogP contribution in [0.3, 0.4) is 0 Å². The van der Waals surface area contributed by atoms with Crippen LogP contribution in [0.2, 0.25) is 0 Å². The smallest absolute Gasteiger partial charge is 0.106 e. The molecule has 1 aromatic heterocycles. The van der Waals surface area contributed by atoms with Crippen molar-refractivity contribution in [2.75, 3.05) is 43.9 Å². The highest BCUT2D eigenvalue weighted by Gasteiger charge is 2.15. The standard InChI is InChI=1S/C14H20N4OS/c1-10(8-18-4-6-19-7-5-18)17-11-2-3-12-14(13(11)15)16-9-20-12/h2-3,9-10,17H,4-8,15H2,1H3. The second kappa shape index (κ2) is 5.95. The minimum absolute atomic E-state index is 0.339. The van der Waals surface area contributed by atoms with Gasteiger partial charge in [-0.3, -0.25) is 4.90 Å². The first-order chi connectivity index (χ1) is 9.74. The number of hydrogen-bond donors (Lipinski definition) is 2. The number of rotatable bonds is 4. The van der Waals surface area contributed by atoms with Crippen molar-refractivity contribution in [1.29, 1.82) is 0 Å². The molecule has 0 aliphatic carbocycles. The van der Waals surface area contributed by atoms with E-state index in [0.29, 0.717) is 6.04 Å². The molecule has 1 aliphatic rings. The van der Waals surface area contributed by atoms with Gasteiger partial charge < -0.3 is 15.8 Å². The second-order valence-corrected chi connectivity index (χ2v) is 6.07. The number of benzene rings is 1. The summed E-state index contributed by atoms with van der Waals surface area (Å²) in [4.78, 5) is 6.74. The van der Waals surface area contributed by atoms with Crippen molar-refractivity contribution in [2.24, 2.45) is 0 Å². The zero-order chi connectivity index (χ0) is 13.9. The van der Waals surface area contributed by atoms with Crippen LogP contribution in [-0.2, 0) is 4.74 Å². The molecule has 5 nitrogen and oxygen atoms in total. The van der Waals surface area contributed by atoms with Gasteiger partial charge in [0.05, 0.1) is 34.8 Å². The van der Waals surface area contributed by atoms with E-state index >= 15 is 0 Å². The molecule has 2 heterocycles. The van der Waals surface area contributed by atoms with Gasteiger partial charge in [0.1, 0.15) is 5.52 Å². The summed E-state index contributed by atoms with van der Waals surface area (Å²) in [7, 11) is 0. The molecule has 108 valence electrons.